The molecule has 1 atom stereocenters. The Morgan fingerprint density at radius 3 is 2.60 bits per heavy atom. The minimum Gasteiger partial charge on any atom is -0.468 e. The number of rotatable bonds is 7. The number of aryl methyl sites for hydroxylation is 1. The number of hydrogen-bond donors (Lipinski definition) is 2. The standard InChI is InChI=1S/C14H20N2O3S/c1-10-3-5-11(6-4-10)7-16-13(17)9-20-8-12(15)14(18)19-2/h3-6,12H,7-9,15H2,1-2H3,(H,16,17). The molecule has 0 aromatic heterocycles. The van der Waals surface area contributed by atoms with E-state index in [0.717, 1.165) is 5.56 Å². The normalized spacial score (nSPS) is 11.8. The van der Waals surface area contributed by atoms with Gasteiger partial charge in [0.2, 0.25) is 5.91 Å². The molecule has 0 aliphatic rings. The van der Waals surface area contributed by atoms with Gasteiger partial charge < -0.3 is 15.8 Å². The van der Waals surface area contributed by atoms with Crippen molar-refractivity contribution in [2.24, 2.45) is 5.73 Å². The fraction of sp³-hybridized carbons (Fsp3) is 0.429. The van der Waals surface area contributed by atoms with Gasteiger partial charge in [0.1, 0.15) is 6.04 Å². The summed E-state index contributed by atoms with van der Waals surface area (Å²) in [6.45, 7) is 2.52. The van der Waals surface area contributed by atoms with E-state index in [2.05, 4.69) is 10.1 Å². The van der Waals surface area contributed by atoms with Gasteiger partial charge in [-0.05, 0) is 12.5 Å². The summed E-state index contributed by atoms with van der Waals surface area (Å²) in [6.07, 6.45) is 0. The van der Waals surface area contributed by atoms with Crippen molar-refractivity contribution in [2.75, 3.05) is 18.6 Å². The number of benzene rings is 1. The number of esters is 1. The third-order valence-electron chi connectivity index (χ3n) is 2.64. The van der Waals surface area contributed by atoms with Crippen LogP contribution in [0, 0.1) is 6.92 Å². The molecule has 0 radical (unpaired) electrons. The maximum absolute atomic E-state index is 11.6. The summed E-state index contributed by atoms with van der Waals surface area (Å²) in [7, 11) is 1.29. The van der Waals surface area contributed by atoms with Gasteiger partial charge in [0.05, 0.1) is 12.9 Å². The van der Waals surface area contributed by atoms with Crippen molar-refractivity contribution in [3.63, 3.8) is 0 Å². The second-order valence-corrected chi connectivity index (χ2v) is 5.44. The fourth-order valence-electron chi connectivity index (χ4n) is 1.46. The molecule has 0 aliphatic heterocycles. The van der Waals surface area contributed by atoms with Crippen LogP contribution in [0.4, 0.5) is 0 Å². The first-order valence-corrected chi connectivity index (χ1v) is 7.41. The molecule has 0 fully saturated rings. The van der Waals surface area contributed by atoms with E-state index in [4.69, 9.17) is 5.73 Å². The average Bonchev–Trinajstić information content (AvgIpc) is 2.45. The van der Waals surface area contributed by atoms with Gasteiger partial charge in [-0.1, -0.05) is 29.8 Å². The van der Waals surface area contributed by atoms with Gasteiger partial charge in [-0.15, -0.1) is 11.8 Å². The first-order valence-electron chi connectivity index (χ1n) is 6.26. The predicted molar refractivity (Wildman–Crippen MR) is 80.3 cm³/mol. The molecular formula is C14H20N2O3S. The van der Waals surface area contributed by atoms with Crippen molar-refractivity contribution >= 4 is 23.6 Å². The number of methoxy groups -OCH3 is 1. The summed E-state index contributed by atoms with van der Waals surface area (Å²) in [4.78, 5) is 22.7. The molecule has 110 valence electrons. The smallest absolute Gasteiger partial charge is 0.323 e. The van der Waals surface area contributed by atoms with Gasteiger partial charge in [-0.25, -0.2) is 0 Å². The lowest BCUT2D eigenvalue weighted by Gasteiger charge is -2.09. The van der Waals surface area contributed by atoms with E-state index in [-0.39, 0.29) is 11.7 Å². The third-order valence-corrected chi connectivity index (χ3v) is 3.71. The Balaban J connectivity index is 2.20. The zero-order valence-corrected chi connectivity index (χ0v) is 12.5. The van der Waals surface area contributed by atoms with Crippen LogP contribution in [-0.4, -0.2) is 36.5 Å². The van der Waals surface area contributed by atoms with Gasteiger partial charge in [0.15, 0.2) is 0 Å². The number of amides is 1. The van der Waals surface area contributed by atoms with Gasteiger partial charge >= 0.3 is 5.97 Å². The predicted octanol–water partition coefficient (Wildman–Crippen LogP) is 0.845. The van der Waals surface area contributed by atoms with Gasteiger partial charge in [0, 0.05) is 12.3 Å². The Kier molecular flexibility index (Phi) is 7.11. The van der Waals surface area contributed by atoms with Crippen LogP contribution >= 0.6 is 11.8 Å². The zero-order chi connectivity index (χ0) is 15.0. The molecule has 20 heavy (non-hydrogen) atoms. The first kappa shape index (κ1) is 16.5. The second kappa shape index (κ2) is 8.60. The van der Waals surface area contributed by atoms with Crippen molar-refractivity contribution in [1.29, 1.82) is 0 Å². The maximum atomic E-state index is 11.6. The van der Waals surface area contributed by atoms with E-state index in [1.165, 1.54) is 24.4 Å². The minimum atomic E-state index is -0.685. The van der Waals surface area contributed by atoms with E-state index >= 15 is 0 Å². The lowest BCUT2D eigenvalue weighted by atomic mass is 10.1. The quantitative estimate of drug-likeness (QED) is 0.729. The lowest BCUT2D eigenvalue weighted by molar-refractivity contribution is -0.141. The van der Waals surface area contributed by atoms with E-state index in [0.29, 0.717) is 12.3 Å². The third kappa shape index (κ3) is 6.08. The number of carbonyl (C=O) groups is 2. The van der Waals surface area contributed by atoms with Crippen molar-refractivity contribution in [3.05, 3.63) is 35.4 Å². The number of carbonyl (C=O) groups excluding carboxylic acids is 2. The van der Waals surface area contributed by atoms with Gasteiger partial charge in [-0.2, -0.15) is 0 Å². The summed E-state index contributed by atoms with van der Waals surface area (Å²) >= 11 is 1.31. The monoisotopic (exact) mass is 296 g/mol. The molecule has 3 N–H and O–H groups in total. The Morgan fingerprint density at radius 1 is 1.35 bits per heavy atom. The number of ether oxygens (including phenoxy) is 1. The summed E-state index contributed by atoms with van der Waals surface area (Å²) in [5.41, 5.74) is 7.81. The SMILES string of the molecule is COC(=O)C(N)CSCC(=O)NCc1ccc(C)cc1. The molecule has 1 rings (SSSR count). The lowest BCUT2D eigenvalue weighted by Crippen LogP contribution is -2.34. The fourth-order valence-corrected chi connectivity index (χ4v) is 2.25. The molecule has 1 aromatic rings. The van der Waals surface area contributed by atoms with E-state index < -0.39 is 12.0 Å². The number of hydrogen-bond acceptors (Lipinski definition) is 5. The highest BCUT2D eigenvalue weighted by molar-refractivity contribution is 8.00. The Labute approximate surface area is 123 Å². The minimum absolute atomic E-state index is 0.0763. The van der Waals surface area contributed by atoms with Crippen LogP contribution in [0.5, 0.6) is 0 Å². The summed E-state index contributed by atoms with van der Waals surface area (Å²) in [5.74, 6) is 0.103. The number of nitrogens with two attached hydrogens (primary N) is 1. The van der Waals surface area contributed by atoms with Crippen LogP contribution in [-0.2, 0) is 20.9 Å². The topological polar surface area (TPSA) is 81.4 Å². The highest BCUT2D eigenvalue weighted by Gasteiger charge is 2.14. The summed E-state index contributed by atoms with van der Waals surface area (Å²) in [6, 6.07) is 7.29. The van der Waals surface area contributed by atoms with Crippen molar-refractivity contribution < 1.29 is 14.3 Å². The van der Waals surface area contributed by atoms with E-state index in [9.17, 15) is 9.59 Å². The molecule has 0 saturated heterocycles. The molecule has 0 aliphatic carbocycles. The van der Waals surface area contributed by atoms with Crippen LogP contribution in [0.2, 0.25) is 0 Å². The Morgan fingerprint density at radius 2 is 2.00 bits per heavy atom. The van der Waals surface area contributed by atoms with E-state index in [1.807, 2.05) is 31.2 Å². The first-order chi connectivity index (χ1) is 9.52. The average molecular weight is 296 g/mol. The van der Waals surface area contributed by atoms with Crippen LogP contribution in [0.3, 0.4) is 0 Å². The zero-order valence-electron chi connectivity index (χ0n) is 11.7. The van der Waals surface area contributed by atoms with E-state index in [1.54, 1.807) is 0 Å². The second-order valence-electron chi connectivity index (χ2n) is 4.41. The molecule has 6 heteroatoms. The van der Waals surface area contributed by atoms with Crippen LogP contribution in [0.15, 0.2) is 24.3 Å². The Bertz CT molecular complexity index is 448. The summed E-state index contributed by atoms with van der Waals surface area (Å²) < 4.78 is 4.51. The molecule has 0 spiro atoms. The van der Waals surface area contributed by atoms with Crippen molar-refractivity contribution in [3.8, 4) is 0 Å². The van der Waals surface area contributed by atoms with Crippen LogP contribution in [0.1, 0.15) is 11.1 Å². The van der Waals surface area contributed by atoms with Crippen LogP contribution in [0.25, 0.3) is 0 Å². The molecule has 0 saturated carbocycles. The van der Waals surface area contributed by atoms with Gasteiger partial charge in [-0.3, -0.25) is 9.59 Å². The molecule has 0 heterocycles. The molecule has 1 amide bonds. The van der Waals surface area contributed by atoms with Crippen molar-refractivity contribution in [1.82, 2.24) is 5.32 Å². The largest absolute Gasteiger partial charge is 0.468 e. The number of nitrogens with one attached hydrogen (secondary N) is 1. The van der Waals surface area contributed by atoms with Gasteiger partial charge in [0.25, 0.3) is 0 Å². The van der Waals surface area contributed by atoms with Crippen molar-refractivity contribution in [2.45, 2.75) is 19.5 Å². The molecule has 5 nitrogen and oxygen atoms in total. The highest BCUT2D eigenvalue weighted by Crippen LogP contribution is 2.04. The molecular weight excluding hydrogens is 276 g/mol. The van der Waals surface area contributed by atoms with Crippen LogP contribution < -0.4 is 11.1 Å². The molecule has 1 unspecified atom stereocenters. The number of thioether (sulfide) groups is 1. The maximum Gasteiger partial charge on any atom is 0.323 e. The summed E-state index contributed by atoms with van der Waals surface area (Å²) in [5, 5.41) is 2.82. The molecule has 0 bridgehead atoms. The Hall–Kier alpha value is -1.53. The molecule has 1 aromatic carbocycles. The highest BCUT2D eigenvalue weighted by atomic mass is 32.2.